The van der Waals surface area contributed by atoms with Gasteiger partial charge in [0.15, 0.2) is 0 Å². The summed E-state index contributed by atoms with van der Waals surface area (Å²) in [5, 5.41) is 0. The standard InChI is InChI=1S/C17H12O/c1-2-4-16-13(3-1)10-14-9-12(6-8-17(14)16)5-7-15-11-18-15/h1-4,6,8-9,15H,10-11H2. The van der Waals surface area contributed by atoms with Crippen LogP contribution < -0.4 is 0 Å². The predicted octanol–water partition coefficient (Wildman–Crippen LogP) is 3.01. The van der Waals surface area contributed by atoms with Crippen molar-refractivity contribution >= 4 is 0 Å². The van der Waals surface area contributed by atoms with Crippen LogP contribution in [0.25, 0.3) is 11.1 Å². The van der Waals surface area contributed by atoms with Gasteiger partial charge in [-0.25, -0.2) is 0 Å². The first-order valence-electron chi connectivity index (χ1n) is 6.24. The molecule has 2 aromatic carbocycles. The van der Waals surface area contributed by atoms with Crippen molar-refractivity contribution in [1.82, 2.24) is 0 Å². The van der Waals surface area contributed by atoms with E-state index in [1.807, 2.05) is 0 Å². The summed E-state index contributed by atoms with van der Waals surface area (Å²) < 4.78 is 5.10. The highest BCUT2D eigenvalue weighted by atomic mass is 16.6. The van der Waals surface area contributed by atoms with Crippen molar-refractivity contribution in [3.05, 3.63) is 59.2 Å². The Balaban J connectivity index is 1.75. The van der Waals surface area contributed by atoms with Gasteiger partial charge in [-0.3, -0.25) is 0 Å². The molecule has 1 atom stereocenters. The van der Waals surface area contributed by atoms with Gasteiger partial charge < -0.3 is 4.74 Å². The Morgan fingerprint density at radius 3 is 2.72 bits per heavy atom. The summed E-state index contributed by atoms with van der Waals surface area (Å²) in [5.74, 6) is 6.30. The summed E-state index contributed by atoms with van der Waals surface area (Å²) in [4.78, 5) is 0. The molecule has 0 aromatic heterocycles. The molecule has 0 radical (unpaired) electrons. The number of hydrogen-bond donors (Lipinski definition) is 0. The van der Waals surface area contributed by atoms with E-state index in [0.29, 0.717) is 0 Å². The summed E-state index contributed by atoms with van der Waals surface area (Å²) in [5.41, 5.74) is 6.64. The van der Waals surface area contributed by atoms with E-state index in [0.717, 1.165) is 18.6 Å². The minimum Gasteiger partial charge on any atom is -0.359 e. The SMILES string of the molecule is C(#CC1CO1)c1ccc2c(c1)Cc1ccccc1-2. The zero-order valence-corrected chi connectivity index (χ0v) is 9.94. The van der Waals surface area contributed by atoms with Gasteiger partial charge in [0, 0.05) is 5.56 Å². The van der Waals surface area contributed by atoms with E-state index in [-0.39, 0.29) is 6.10 Å². The second kappa shape index (κ2) is 3.73. The molecule has 0 amide bonds. The van der Waals surface area contributed by atoms with Gasteiger partial charge in [-0.1, -0.05) is 42.2 Å². The van der Waals surface area contributed by atoms with Gasteiger partial charge in [0.2, 0.25) is 0 Å². The molecule has 0 N–H and O–H groups in total. The quantitative estimate of drug-likeness (QED) is 0.429. The first-order valence-corrected chi connectivity index (χ1v) is 6.24. The molecule has 0 spiro atoms. The Kier molecular flexibility index (Phi) is 2.06. The molecule has 86 valence electrons. The molecular weight excluding hydrogens is 220 g/mol. The van der Waals surface area contributed by atoms with Crippen molar-refractivity contribution in [2.45, 2.75) is 12.5 Å². The lowest BCUT2D eigenvalue weighted by molar-refractivity contribution is 0.445. The summed E-state index contributed by atoms with van der Waals surface area (Å²) in [7, 11) is 0. The third-order valence-corrected chi connectivity index (χ3v) is 3.50. The summed E-state index contributed by atoms with van der Waals surface area (Å²) >= 11 is 0. The van der Waals surface area contributed by atoms with Crippen LogP contribution in [0.5, 0.6) is 0 Å². The molecule has 2 aromatic rings. The molecule has 1 aliphatic heterocycles. The number of epoxide rings is 1. The van der Waals surface area contributed by atoms with Crippen LogP contribution in [0.15, 0.2) is 42.5 Å². The molecule has 1 nitrogen and oxygen atoms in total. The fraction of sp³-hybridized carbons (Fsp3) is 0.176. The smallest absolute Gasteiger partial charge is 0.142 e. The molecule has 1 unspecified atom stereocenters. The van der Waals surface area contributed by atoms with Gasteiger partial charge >= 0.3 is 0 Å². The van der Waals surface area contributed by atoms with E-state index < -0.39 is 0 Å². The molecular formula is C17H12O. The number of ether oxygens (including phenoxy) is 1. The highest BCUT2D eigenvalue weighted by Crippen LogP contribution is 2.36. The van der Waals surface area contributed by atoms with E-state index in [1.54, 1.807) is 0 Å². The zero-order valence-electron chi connectivity index (χ0n) is 9.94. The number of rotatable bonds is 0. The average molecular weight is 232 g/mol. The lowest BCUT2D eigenvalue weighted by Crippen LogP contribution is -1.83. The predicted molar refractivity (Wildman–Crippen MR) is 71.3 cm³/mol. The van der Waals surface area contributed by atoms with Crippen LogP contribution in [0.2, 0.25) is 0 Å². The van der Waals surface area contributed by atoms with E-state index in [4.69, 9.17) is 4.74 Å². The highest BCUT2D eigenvalue weighted by molar-refractivity contribution is 5.77. The first kappa shape index (κ1) is 9.94. The maximum Gasteiger partial charge on any atom is 0.142 e. The third-order valence-electron chi connectivity index (χ3n) is 3.50. The van der Waals surface area contributed by atoms with Crippen molar-refractivity contribution in [3.8, 4) is 23.0 Å². The Labute approximate surface area is 106 Å². The van der Waals surface area contributed by atoms with E-state index in [1.165, 1.54) is 22.3 Å². The van der Waals surface area contributed by atoms with E-state index in [9.17, 15) is 0 Å². The molecule has 1 fully saturated rings. The summed E-state index contributed by atoms with van der Waals surface area (Å²) in [6.45, 7) is 0.795. The van der Waals surface area contributed by atoms with Crippen molar-refractivity contribution in [1.29, 1.82) is 0 Å². The number of hydrogen-bond acceptors (Lipinski definition) is 1. The molecule has 1 heterocycles. The topological polar surface area (TPSA) is 12.5 Å². The summed E-state index contributed by atoms with van der Waals surface area (Å²) in [6.07, 6.45) is 1.21. The van der Waals surface area contributed by atoms with Crippen molar-refractivity contribution in [2.75, 3.05) is 6.61 Å². The monoisotopic (exact) mass is 232 g/mol. The molecule has 2 aliphatic rings. The van der Waals surface area contributed by atoms with Crippen LogP contribution in [0, 0.1) is 11.8 Å². The van der Waals surface area contributed by atoms with Crippen LogP contribution in [0.4, 0.5) is 0 Å². The first-order chi connectivity index (χ1) is 8.90. The van der Waals surface area contributed by atoms with Crippen LogP contribution in [0.1, 0.15) is 16.7 Å². The van der Waals surface area contributed by atoms with Crippen molar-refractivity contribution in [2.24, 2.45) is 0 Å². The normalized spacial score (nSPS) is 18.6. The Bertz CT molecular complexity index is 684. The van der Waals surface area contributed by atoms with Crippen LogP contribution in [0.3, 0.4) is 0 Å². The molecule has 4 rings (SSSR count). The largest absolute Gasteiger partial charge is 0.359 e. The fourth-order valence-corrected chi connectivity index (χ4v) is 2.52. The van der Waals surface area contributed by atoms with Crippen LogP contribution in [-0.4, -0.2) is 12.7 Å². The second-order valence-electron chi connectivity index (χ2n) is 4.80. The Morgan fingerprint density at radius 1 is 1.00 bits per heavy atom. The maximum atomic E-state index is 5.10. The lowest BCUT2D eigenvalue weighted by Gasteiger charge is -2.00. The van der Waals surface area contributed by atoms with Gasteiger partial charge in [-0.15, -0.1) is 0 Å². The number of benzene rings is 2. The van der Waals surface area contributed by atoms with Gasteiger partial charge in [0.25, 0.3) is 0 Å². The average Bonchev–Trinajstić information content (AvgIpc) is 3.16. The van der Waals surface area contributed by atoms with Crippen LogP contribution in [-0.2, 0) is 11.2 Å². The van der Waals surface area contributed by atoms with Crippen molar-refractivity contribution < 1.29 is 4.74 Å². The molecule has 0 bridgehead atoms. The van der Waals surface area contributed by atoms with Crippen LogP contribution >= 0.6 is 0 Å². The summed E-state index contributed by atoms with van der Waals surface area (Å²) in [6, 6.07) is 15.1. The molecule has 1 saturated heterocycles. The number of fused-ring (bicyclic) bond motifs is 3. The van der Waals surface area contributed by atoms with Gasteiger partial charge in [-0.05, 0) is 40.8 Å². The maximum absolute atomic E-state index is 5.10. The molecule has 1 aliphatic carbocycles. The van der Waals surface area contributed by atoms with Gasteiger partial charge in [-0.2, -0.15) is 0 Å². The minimum absolute atomic E-state index is 0.176. The van der Waals surface area contributed by atoms with Gasteiger partial charge in [0.1, 0.15) is 6.10 Å². The zero-order chi connectivity index (χ0) is 11.9. The lowest BCUT2D eigenvalue weighted by atomic mass is 10.0. The Morgan fingerprint density at radius 2 is 1.83 bits per heavy atom. The molecule has 18 heavy (non-hydrogen) atoms. The minimum atomic E-state index is 0.176. The molecule has 0 saturated carbocycles. The van der Waals surface area contributed by atoms with E-state index >= 15 is 0 Å². The van der Waals surface area contributed by atoms with E-state index in [2.05, 4.69) is 54.3 Å². The second-order valence-corrected chi connectivity index (χ2v) is 4.80. The molecule has 1 heteroatoms. The third kappa shape index (κ3) is 1.63. The van der Waals surface area contributed by atoms with Crippen molar-refractivity contribution in [3.63, 3.8) is 0 Å². The van der Waals surface area contributed by atoms with Gasteiger partial charge in [0.05, 0.1) is 6.61 Å². The highest BCUT2D eigenvalue weighted by Gasteiger charge is 2.19. The fourth-order valence-electron chi connectivity index (χ4n) is 2.52. The Hall–Kier alpha value is -2.04.